The number of ether oxygens (including phenoxy) is 1. The van der Waals surface area contributed by atoms with Crippen molar-refractivity contribution in [2.75, 3.05) is 0 Å². The molecule has 0 radical (unpaired) electrons. The fraction of sp³-hybridized carbons (Fsp3) is 0.889. The summed E-state index contributed by atoms with van der Waals surface area (Å²) in [7, 11) is 0. The maximum absolute atomic E-state index is 11.2. The smallest absolute Gasteiger partial charge is 0.164 e. The molecule has 1 saturated carbocycles. The number of ketones is 1. The molecule has 0 amide bonds. The summed E-state index contributed by atoms with van der Waals surface area (Å²) in [5.74, 6) is 0.320. The first-order valence-electron chi connectivity index (χ1n) is 4.27. The molecule has 2 nitrogen and oxygen atoms in total. The Labute approximate surface area is 66.9 Å². The van der Waals surface area contributed by atoms with Crippen LogP contribution in [0.3, 0.4) is 0 Å². The standard InChI is InChI=1S/C9H14O2/c1-9(2)4-3-6(10)8-7(5-9)11-8/h7-8H,3-5H2,1-2H3/t7-,8-/m0/s1. The third kappa shape index (κ3) is 1.32. The summed E-state index contributed by atoms with van der Waals surface area (Å²) in [6, 6.07) is 0. The van der Waals surface area contributed by atoms with Crippen LogP contribution in [0.15, 0.2) is 0 Å². The first-order chi connectivity index (χ1) is 5.08. The van der Waals surface area contributed by atoms with Crippen molar-refractivity contribution in [1.29, 1.82) is 0 Å². The summed E-state index contributed by atoms with van der Waals surface area (Å²) in [6.07, 6.45) is 3.05. The van der Waals surface area contributed by atoms with Gasteiger partial charge in [0.1, 0.15) is 6.10 Å². The Hall–Kier alpha value is -0.370. The predicted octanol–water partition coefficient (Wildman–Crippen LogP) is 1.53. The van der Waals surface area contributed by atoms with Crippen molar-refractivity contribution in [2.24, 2.45) is 5.41 Å². The molecule has 1 heterocycles. The highest BCUT2D eigenvalue weighted by atomic mass is 16.6. The minimum Gasteiger partial charge on any atom is -0.361 e. The van der Waals surface area contributed by atoms with Crippen molar-refractivity contribution in [3.05, 3.63) is 0 Å². The molecule has 11 heavy (non-hydrogen) atoms. The van der Waals surface area contributed by atoms with Gasteiger partial charge in [0.05, 0.1) is 6.10 Å². The molecule has 62 valence electrons. The summed E-state index contributed by atoms with van der Waals surface area (Å²) in [5, 5.41) is 0. The summed E-state index contributed by atoms with van der Waals surface area (Å²) in [6.45, 7) is 4.43. The highest BCUT2D eigenvalue weighted by Crippen LogP contribution is 2.41. The zero-order valence-corrected chi connectivity index (χ0v) is 7.09. The quantitative estimate of drug-likeness (QED) is 0.495. The molecular weight excluding hydrogens is 140 g/mol. The van der Waals surface area contributed by atoms with Gasteiger partial charge in [-0.3, -0.25) is 4.79 Å². The molecule has 0 aromatic rings. The van der Waals surface area contributed by atoms with Gasteiger partial charge in [0.2, 0.25) is 0 Å². The second-order valence-corrected chi connectivity index (χ2v) is 4.43. The number of carbonyl (C=O) groups is 1. The van der Waals surface area contributed by atoms with Crippen LogP contribution in [0.5, 0.6) is 0 Å². The van der Waals surface area contributed by atoms with Crippen LogP contribution >= 0.6 is 0 Å². The fourth-order valence-electron chi connectivity index (χ4n) is 1.83. The average molecular weight is 154 g/mol. The van der Waals surface area contributed by atoms with E-state index in [2.05, 4.69) is 13.8 Å². The van der Waals surface area contributed by atoms with E-state index in [1.165, 1.54) is 0 Å². The summed E-state index contributed by atoms with van der Waals surface area (Å²) < 4.78 is 5.26. The maximum atomic E-state index is 11.2. The highest BCUT2D eigenvalue weighted by Gasteiger charge is 2.49. The van der Waals surface area contributed by atoms with Crippen molar-refractivity contribution in [3.63, 3.8) is 0 Å². The Bertz CT molecular complexity index is 196. The van der Waals surface area contributed by atoms with Crippen molar-refractivity contribution >= 4 is 5.78 Å². The van der Waals surface area contributed by atoms with E-state index in [0.717, 1.165) is 12.8 Å². The molecular formula is C9H14O2. The second-order valence-electron chi connectivity index (χ2n) is 4.43. The van der Waals surface area contributed by atoms with Gasteiger partial charge >= 0.3 is 0 Å². The van der Waals surface area contributed by atoms with Crippen LogP contribution in [0.4, 0.5) is 0 Å². The minimum atomic E-state index is -0.0169. The van der Waals surface area contributed by atoms with Crippen LogP contribution < -0.4 is 0 Å². The topological polar surface area (TPSA) is 29.6 Å². The summed E-state index contributed by atoms with van der Waals surface area (Å²) in [5.41, 5.74) is 0.311. The highest BCUT2D eigenvalue weighted by molar-refractivity contribution is 5.86. The molecule has 0 unspecified atom stereocenters. The van der Waals surface area contributed by atoms with Gasteiger partial charge in [0, 0.05) is 6.42 Å². The Morgan fingerprint density at radius 3 is 3.00 bits per heavy atom. The number of carbonyl (C=O) groups excluding carboxylic acids is 1. The lowest BCUT2D eigenvalue weighted by atomic mass is 9.85. The van der Waals surface area contributed by atoms with E-state index >= 15 is 0 Å². The van der Waals surface area contributed by atoms with Crippen LogP contribution in [0.2, 0.25) is 0 Å². The summed E-state index contributed by atoms with van der Waals surface area (Å²) in [4.78, 5) is 11.2. The predicted molar refractivity (Wildman–Crippen MR) is 41.3 cm³/mol. The van der Waals surface area contributed by atoms with Gasteiger partial charge in [-0.2, -0.15) is 0 Å². The van der Waals surface area contributed by atoms with Crippen LogP contribution in [0.1, 0.15) is 33.1 Å². The van der Waals surface area contributed by atoms with E-state index in [4.69, 9.17) is 4.74 Å². The number of rotatable bonds is 0. The van der Waals surface area contributed by atoms with Gasteiger partial charge < -0.3 is 4.74 Å². The number of hydrogen-bond acceptors (Lipinski definition) is 2. The molecule has 0 N–H and O–H groups in total. The zero-order valence-electron chi connectivity index (χ0n) is 7.09. The van der Waals surface area contributed by atoms with Gasteiger partial charge in [0.25, 0.3) is 0 Å². The Morgan fingerprint density at radius 1 is 1.55 bits per heavy atom. The Morgan fingerprint density at radius 2 is 2.27 bits per heavy atom. The molecule has 2 fully saturated rings. The molecule has 0 spiro atoms. The van der Waals surface area contributed by atoms with Crippen molar-refractivity contribution in [1.82, 2.24) is 0 Å². The van der Waals surface area contributed by atoms with Crippen LogP contribution in [-0.2, 0) is 9.53 Å². The fourth-order valence-corrected chi connectivity index (χ4v) is 1.83. The van der Waals surface area contributed by atoms with E-state index in [1.54, 1.807) is 0 Å². The minimum absolute atomic E-state index is 0.0169. The van der Waals surface area contributed by atoms with Gasteiger partial charge in [-0.15, -0.1) is 0 Å². The molecule has 0 bridgehead atoms. The third-order valence-corrected chi connectivity index (χ3v) is 2.70. The molecule has 2 aliphatic rings. The molecule has 2 atom stereocenters. The monoisotopic (exact) mass is 154 g/mol. The van der Waals surface area contributed by atoms with Crippen molar-refractivity contribution in [3.8, 4) is 0 Å². The van der Waals surface area contributed by atoms with E-state index in [1.807, 2.05) is 0 Å². The number of fused-ring (bicyclic) bond motifs is 1. The van der Waals surface area contributed by atoms with Gasteiger partial charge in [-0.1, -0.05) is 13.8 Å². The Kier molecular flexibility index (Phi) is 1.37. The van der Waals surface area contributed by atoms with Crippen molar-refractivity contribution in [2.45, 2.75) is 45.3 Å². The molecule has 1 saturated heterocycles. The number of hydrogen-bond donors (Lipinski definition) is 0. The maximum Gasteiger partial charge on any atom is 0.164 e. The first-order valence-corrected chi connectivity index (χ1v) is 4.27. The van der Waals surface area contributed by atoms with Gasteiger partial charge in [0.15, 0.2) is 5.78 Å². The van der Waals surface area contributed by atoms with E-state index < -0.39 is 0 Å². The normalized spacial score (nSPS) is 41.1. The largest absolute Gasteiger partial charge is 0.361 e. The lowest BCUT2D eigenvalue weighted by molar-refractivity contribution is -0.120. The molecule has 1 aliphatic heterocycles. The van der Waals surface area contributed by atoms with Gasteiger partial charge in [-0.05, 0) is 18.3 Å². The molecule has 2 heteroatoms. The van der Waals surface area contributed by atoms with E-state index in [9.17, 15) is 4.79 Å². The van der Waals surface area contributed by atoms with Gasteiger partial charge in [-0.25, -0.2) is 0 Å². The second kappa shape index (κ2) is 2.07. The summed E-state index contributed by atoms with van der Waals surface area (Å²) >= 11 is 0. The lowest BCUT2D eigenvalue weighted by Crippen LogP contribution is -2.12. The SMILES string of the molecule is CC1(C)CCC(=O)[C@@H]2O[C@H]2C1. The van der Waals surface area contributed by atoms with E-state index in [-0.39, 0.29) is 12.2 Å². The van der Waals surface area contributed by atoms with E-state index in [0.29, 0.717) is 17.6 Å². The lowest BCUT2D eigenvalue weighted by Gasteiger charge is -2.21. The van der Waals surface area contributed by atoms with Crippen LogP contribution in [0, 0.1) is 5.41 Å². The number of Topliss-reactive ketones (excluding diaryl/α,β-unsaturated/α-hetero) is 1. The number of epoxide rings is 1. The molecule has 0 aromatic heterocycles. The molecule has 1 aliphatic carbocycles. The van der Waals surface area contributed by atoms with Crippen molar-refractivity contribution < 1.29 is 9.53 Å². The third-order valence-electron chi connectivity index (χ3n) is 2.70. The van der Waals surface area contributed by atoms with Crippen LogP contribution in [0.25, 0.3) is 0 Å². The molecule has 0 aromatic carbocycles. The average Bonchev–Trinajstić information content (AvgIpc) is 2.60. The molecule has 2 rings (SSSR count). The zero-order chi connectivity index (χ0) is 8.06. The Balaban J connectivity index is 2.10. The first kappa shape index (κ1) is 7.29. The van der Waals surface area contributed by atoms with Crippen LogP contribution in [-0.4, -0.2) is 18.0 Å².